The van der Waals surface area contributed by atoms with E-state index in [-0.39, 0.29) is 5.69 Å². The van der Waals surface area contributed by atoms with E-state index in [0.717, 1.165) is 5.56 Å². The molecule has 0 saturated heterocycles. The molecule has 0 bridgehead atoms. The van der Waals surface area contributed by atoms with Crippen LogP contribution in [-0.2, 0) is 4.74 Å². The maximum absolute atomic E-state index is 11.8. The van der Waals surface area contributed by atoms with Crippen LogP contribution in [0.1, 0.15) is 17.4 Å². The smallest absolute Gasteiger partial charge is 0.356 e. The number of aromatic nitrogens is 1. The van der Waals surface area contributed by atoms with Crippen molar-refractivity contribution >= 4 is 5.97 Å². The van der Waals surface area contributed by atoms with Gasteiger partial charge < -0.3 is 18.9 Å². The summed E-state index contributed by atoms with van der Waals surface area (Å²) in [4.78, 5) is 16.2. The minimum atomic E-state index is -0.457. The van der Waals surface area contributed by atoms with Crippen LogP contribution in [0.25, 0.3) is 11.3 Å². The third-order valence-electron chi connectivity index (χ3n) is 3.19. The quantitative estimate of drug-likeness (QED) is 0.763. The number of nitrogens with zero attached hydrogens (tertiary/aromatic N) is 1. The summed E-state index contributed by atoms with van der Waals surface area (Å²) in [6.07, 6.45) is 0. The van der Waals surface area contributed by atoms with E-state index in [0.29, 0.717) is 29.5 Å². The van der Waals surface area contributed by atoms with E-state index in [4.69, 9.17) is 18.9 Å². The zero-order valence-electron chi connectivity index (χ0n) is 13.6. The summed E-state index contributed by atoms with van der Waals surface area (Å²) in [6.45, 7) is 2.05. The van der Waals surface area contributed by atoms with Gasteiger partial charge in [0, 0.05) is 5.56 Å². The predicted octanol–water partition coefficient (Wildman–Crippen LogP) is 2.95. The van der Waals surface area contributed by atoms with Gasteiger partial charge in [-0.3, -0.25) is 0 Å². The van der Waals surface area contributed by atoms with Crippen LogP contribution in [-0.4, -0.2) is 38.9 Å². The zero-order chi connectivity index (χ0) is 16.8. The molecular formula is C17H19NO5. The van der Waals surface area contributed by atoms with Gasteiger partial charge in [0.05, 0.1) is 33.6 Å². The predicted molar refractivity (Wildman–Crippen MR) is 85.3 cm³/mol. The molecule has 1 aromatic heterocycles. The standard InChI is InChI=1S/C17H19NO5/c1-5-23-17(19)13-8-6-7-12(18-13)11-9-14(20-2)16(22-4)15(10-11)21-3/h6-10H,5H2,1-4H3. The van der Waals surface area contributed by atoms with Crippen LogP contribution in [0, 0.1) is 0 Å². The summed E-state index contributed by atoms with van der Waals surface area (Å²) in [7, 11) is 4.63. The molecule has 0 amide bonds. The number of pyridine rings is 1. The molecule has 2 aromatic rings. The first-order chi connectivity index (χ1) is 11.1. The summed E-state index contributed by atoms with van der Waals surface area (Å²) < 4.78 is 20.9. The molecule has 0 aliphatic heterocycles. The molecule has 6 nitrogen and oxygen atoms in total. The fraction of sp³-hybridized carbons (Fsp3) is 0.294. The van der Waals surface area contributed by atoms with E-state index < -0.39 is 5.97 Å². The summed E-state index contributed by atoms with van der Waals surface area (Å²) in [5.74, 6) is 1.08. The lowest BCUT2D eigenvalue weighted by molar-refractivity contribution is 0.0519. The lowest BCUT2D eigenvalue weighted by Crippen LogP contribution is -2.07. The van der Waals surface area contributed by atoms with Gasteiger partial charge in [0.25, 0.3) is 0 Å². The van der Waals surface area contributed by atoms with Crippen molar-refractivity contribution in [3.05, 3.63) is 36.0 Å². The van der Waals surface area contributed by atoms with Crippen molar-refractivity contribution in [3.63, 3.8) is 0 Å². The Labute approximate surface area is 135 Å². The van der Waals surface area contributed by atoms with Crippen LogP contribution in [0.15, 0.2) is 30.3 Å². The number of carbonyl (C=O) groups excluding carboxylic acids is 1. The molecule has 0 aliphatic rings. The Balaban J connectivity index is 2.50. The van der Waals surface area contributed by atoms with Gasteiger partial charge in [-0.2, -0.15) is 0 Å². The lowest BCUT2D eigenvalue weighted by Gasteiger charge is -2.14. The first kappa shape index (κ1) is 16.6. The second-order valence-corrected chi connectivity index (χ2v) is 4.54. The fourth-order valence-electron chi connectivity index (χ4n) is 2.14. The Bertz CT molecular complexity index is 674. The number of hydrogen-bond donors (Lipinski definition) is 0. The molecule has 0 atom stereocenters. The van der Waals surface area contributed by atoms with Crippen LogP contribution < -0.4 is 14.2 Å². The number of esters is 1. The van der Waals surface area contributed by atoms with Gasteiger partial charge in [0.1, 0.15) is 5.69 Å². The molecule has 1 aromatic carbocycles. The molecule has 0 radical (unpaired) electrons. The average molecular weight is 317 g/mol. The molecule has 6 heteroatoms. The van der Waals surface area contributed by atoms with Crippen molar-refractivity contribution in [1.82, 2.24) is 4.98 Å². The van der Waals surface area contributed by atoms with Gasteiger partial charge in [0.2, 0.25) is 5.75 Å². The summed E-state index contributed by atoms with van der Waals surface area (Å²) in [5, 5.41) is 0. The number of ether oxygens (including phenoxy) is 4. The van der Waals surface area contributed by atoms with E-state index in [1.54, 1.807) is 58.6 Å². The topological polar surface area (TPSA) is 66.9 Å². The van der Waals surface area contributed by atoms with Crippen LogP contribution >= 0.6 is 0 Å². The third kappa shape index (κ3) is 3.53. The van der Waals surface area contributed by atoms with Crippen molar-refractivity contribution in [3.8, 4) is 28.5 Å². The number of benzene rings is 1. The molecule has 23 heavy (non-hydrogen) atoms. The third-order valence-corrected chi connectivity index (χ3v) is 3.19. The molecule has 2 rings (SSSR count). The van der Waals surface area contributed by atoms with E-state index in [2.05, 4.69) is 4.98 Å². The minimum absolute atomic E-state index is 0.248. The Morgan fingerprint density at radius 2 is 1.70 bits per heavy atom. The van der Waals surface area contributed by atoms with E-state index in [9.17, 15) is 4.79 Å². The van der Waals surface area contributed by atoms with Crippen LogP contribution in [0.3, 0.4) is 0 Å². The lowest BCUT2D eigenvalue weighted by atomic mass is 10.1. The Hall–Kier alpha value is -2.76. The fourth-order valence-corrected chi connectivity index (χ4v) is 2.14. The van der Waals surface area contributed by atoms with Gasteiger partial charge >= 0.3 is 5.97 Å². The highest BCUT2D eigenvalue weighted by molar-refractivity contribution is 5.88. The molecule has 0 unspecified atom stereocenters. The Kier molecular flexibility index (Phi) is 5.41. The summed E-state index contributed by atoms with van der Waals surface area (Å²) in [5.41, 5.74) is 1.60. The van der Waals surface area contributed by atoms with Gasteiger partial charge in [-0.15, -0.1) is 0 Å². The number of rotatable bonds is 6. The van der Waals surface area contributed by atoms with E-state index in [1.807, 2.05) is 0 Å². The molecule has 0 spiro atoms. The second kappa shape index (κ2) is 7.49. The SMILES string of the molecule is CCOC(=O)c1cccc(-c2cc(OC)c(OC)c(OC)c2)n1. The van der Waals surface area contributed by atoms with Gasteiger partial charge in [-0.05, 0) is 31.2 Å². The summed E-state index contributed by atoms with van der Waals surface area (Å²) >= 11 is 0. The van der Waals surface area contributed by atoms with Crippen molar-refractivity contribution in [1.29, 1.82) is 0 Å². The van der Waals surface area contributed by atoms with Gasteiger partial charge in [0.15, 0.2) is 11.5 Å². The molecule has 0 N–H and O–H groups in total. The first-order valence-electron chi connectivity index (χ1n) is 7.09. The maximum atomic E-state index is 11.8. The highest BCUT2D eigenvalue weighted by atomic mass is 16.5. The molecule has 1 heterocycles. The minimum Gasteiger partial charge on any atom is -0.493 e. The van der Waals surface area contributed by atoms with Crippen molar-refractivity contribution in [2.75, 3.05) is 27.9 Å². The van der Waals surface area contributed by atoms with E-state index in [1.165, 1.54) is 0 Å². The molecule has 122 valence electrons. The van der Waals surface area contributed by atoms with Crippen molar-refractivity contribution in [2.24, 2.45) is 0 Å². The summed E-state index contributed by atoms with van der Waals surface area (Å²) in [6, 6.07) is 8.71. The number of methoxy groups -OCH3 is 3. The largest absolute Gasteiger partial charge is 0.493 e. The zero-order valence-corrected chi connectivity index (χ0v) is 13.6. The van der Waals surface area contributed by atoms with E-state index >= 15 is 0 Å². The van der Waals surface area contributed by atoms with Crippen LogP contribution in [0.2, 0.25) is 0 Å². The van der Waals surface area contributed by atoms with Crippen LogP contribution in [0.5, 0.6) is 17.2 Å². The van der Waals surface area contributed by atoms with Crippen molar-refractivity contribution in [2.45, 2.75) is 6.92 Å². The van der Waals surface area contributed by atoms with Gasteiger partial charge in [-0.1, -0.05) is 6.07 Å². The van der Waals surface area contributed by atoms with Gasteiger partial charge in [-0.25, -0.2) is 9.78 Å². The molecule has 0 fully saturated rings. The molecular weight excluding hydrogens is 298 g/mol. The molecule has 0 saturated carbocycles. The van der Waals surface area contributed by atoms with Crippen molar-refractivity contribution < 1.29 is 23.7 Å². The Morgan fingerprint density at radius 1 is 1.04 bits per heavy atom. The number of hydrogen-bond acceptors (Lipinski definition) is 6. The highest BCUT2D eigenvalue weighted by Gasteiger charge is 2.16. The van der Waals surface area contributed by atoms with Crippen LogP contribution in [0.4, 0.5) is 0 Å². The Morgan fingerprint density at radius 3 is 2.22 bits per heavy atom. The average Bonchev–Trinajstić information content (AvgIpc) is 2.60. The maximum Gasteiger partial charge on any atom is 0.356 e. The monoisotopic (exact) mass is 317 g/mol. The number of carbonyl (C=O) groups is 1. The first-order valence-corrected chi connectivity index (χ1v) is 7.09. The highest BCUT2D eigenvalue weighted by Crippen LogP contribution is 2.40. The molecule has 0 aliphatic carbocycles. The normalized spacial score (nSPS) is 10.1. The second-order valence-electron chi connectivity index (χ2n) is 4.54.